The Balaban J connectivity index is 2.00. The summed E-state index contributed by atoms with van der Waals surface area (Å²) in [4.78, 5) is 13.0. The fraction of sp³-hybridized carbons (Fsp3) is 0.192. The molecular weight excluding hydrogens is 550 g/mol. The summed E-state index contributed by atoms with van der Waals surface area (Å²) in [6.45, 7) is 5.33. The highest BCUT2D eigenvalue weighted by Gasteiger charge is 2.26. The number of sulfonamides is 2. The van der Waals surface area contributed by atoms with Crippen molar-refractivity contribution in [3.8, 4) is 5.75 Å². The van der Waals surface area contributed by atoms with E-state index in [9.17, 15) is 21.6 Å². The molecule has 202 valence electrons. The average molecular weight is 578 g/mol. The number of hydrogen-bond donors (Lipinski definition) is 1. The van der Waals surface area contributed by atoms with Crippen molar-refractivity contribution in [2.75, 3.05) is 37.4 Å². The zero-order valence-electron chi connectivity index (χ0n) is 21.3. The smallest absolute Gasteiger partial charge is 0.264 e. The molecule has 0 saturated carbocycles. The van der Waals surface area contributed by atoms with Gasteiger partial charge < -0.3 is 10.1 Å². The summed E-state index contributed by atoms with van der Waals surface area (Å²) in [6, 6.07) is 14.6. The summed E-state index contributed by atoms with van der Waals surface area (Å²) in [5.74, 6) is -0.137. The molecule has 0 radical (unpaired) electrons. The molecule has 0 heterocycles. The summed E-state index contributed by atoms with van der Waals surface area (Å²) in [6.07, 6.45) is 1.45. The molecule has 0 saturated heterocycles. The highest BCUT2D eigenvalue weighted by molar-refractivity contribution is 7.92. The molecule has 0 atom stereocenters. The van der Waals surface area contributed by atoms with Gasteiger partial charge in [0.2, 0.25) is 10.0 Å². The predicted octanol–water partition coefficient (Wildman–Crippen LogP) is 4.54. The van der Waals surface area contributed by atoms with Gasteiger partial charge in [0.25, 0.3) is 15.9 Å². The van der Waals surface area contributed by atoms with Gasteiger partial charge in [-0.15, -0.1) is 6.58 Å². The second-order valence-corrected chi connectivity index (χ2v) is 12.8. The normalized spacial score (nSPS) is 11.7. The molecule has 0 aliphatic heterocycles. The van der Waals surface area contributed by atoms with Crippen LogP contribution >= 0.6 is 11.6 Å². The second kappa shape index (κ2) is 11.6. The van der Waals surface area contributed by atoms with Crippen molar-refractivity contribution in [2.45, 2.75) is 16.7 Å². The number of hydrogen-bond acceptors (Lipinski definition) is 6. The third-order valence-corrected chi connectivity index (χ3v) is 9.59. The van der Waals surface area contributed by atoms with Gasteiger partial charge in [0, 0.05) is 19.8 Å². The number of carbonyl (C=O) groups is 1. The van der Waals surface area contributed by atoms with Gasteiger partial charge in [-0.3, -0.25) is 9.10 Å². The molecule has 3 aromatic rings. The average Bonchev–Trinajstić information content (AvgIpc) is 2.88. The van der Waals surface area contributed by atoms with E-state index in [0.29, 0.717) is 17.0 Å². The molecule has 0 unspecified atom stereocenters. The van der Waals surface area contributed by atoms with Crippen LogP contribution in [0.15, 0.2) is 83.1 Å². The molecule has 3 rings (SSSR count). The maximum absolute atomic E-state index is 13.6. The molecule has 38 heavy (non-hydrogen) atoms. The minimum atomic E-state index is -4.13. The van der Waals surface area contributed by atoms with Crippen molar-refractivity contribution in [1.82, 2.24) is 4.31 Å². The summed E-state index contributed by atoms with van der Waals surface area (Å²) in [5.41, 5.74) is 1.13. The van der Waals surface area contributed by atoms with Crippen molar-refractivity contribution in [3.63, 3.8) is 0 Å². The first kappa shape index (κ1) is 29.2. The fourth-order valence-corrected chi connectivity index (χ4v) is 6.06. The van der Waals surface area contributed by atoms with Crippen molar-refractivity contribution in [3.05, 3.63) is 89.5 Å². The number of methoxy groups -OCH3 is 1. The number of rotatable bonds is 10. The number of ether oxygens (including phenoxy) is 1. The molecule has 0 bridgehead atoms. The topological polar surface area (TPSA) is 113 Å². The molecule has 0 aliphatic rings. The van der Waals surface area contributed by atoms with E-state index in [1.807, 2.05) is 0 Å². The molecule has 1 amide bonds. The van der Waals surface area contributed by atoms with Gasteiger partial charge in [-0.1, -0.05) is 23.7 Å². The van der Waals surface area contributed by atoms with E-state index in [-0.39, 0.29) is 32.6 Å². The van der Waals surface area contributed by atoms with Crippen LogP contribution in [0.4, 0.5) is 11.4 Å². The van der Waals surface area contributed by atoms with Gasteiger partial charge in [0.1, 0.15) is 5.75 Å². The number of aryl methyl sites for hydroxylation is 1. The Kier molecular flexibility index (Phi) is 8.88. The Labute approximate surface area is 228 Å². The zero-order valence-corrected chi connectivity index (χ0v) is 23.7. The van der Waals surface area contributed by atoms with Gasteiger partial charge in [0.05, 0.1) is 39.7 Å². The van der Waals surface area contributed by atoms with Crippen LogP contribution in [0.5, 0.6) is 5.75 Å². The predicted molar refractivity (Wildman–Crippen MR) is 149 cm³/mol. The third-order valence-electron chi connectivity index (χ3n) is 5.66. The standard InChI is InChI=1S/C26H28ClN3O6S2/c1-6-15-30(19-8-10-20(36-5)11-9-19)38(34,35)21-13-14-24(27)23(16-21)26(31)28-25-17-22(12-7-18(25)2)37(32,33)29(3)4/h6-14,16-17H,1,15H2,2-5H3,(H,28,31). The van der Waals surface area contributed by atoms with Gasteiger partial charge in [-0.05, 0) is 67.1 Å². The van der Waals surface area contributed by atoms with Crippen LogP contribution in [0.25, 0.3) is 0 Å². The molecular formula is C26H28ClN3O6S2. The Morgan fingerprint density at radius 2 is 1.58 bits per heavy atom. The number of benzene rings is 3. The van der Waals surface area contributed by atoms with Crippen molar-refractivity contribution >= 4 is 48.9 Å². The Morgan fingerprint density at radius 1 is 0.974 bits per heavy atom. The quantitative estimate of drug-likeness (QED) is 0.354. The van der Waals surface area contributed by atoms with Crippen LogP contribution in [-0.4, -0.2) is 54.8 Å². The highest BCUT2D eigenvalue weighted by atomic mass is 35.5. The lowest BCUT2D eigenvalue weighted by atomic mass is 10.1. The van der Waals surface area contributed by atoms with E-state index in [2.05, 4.69) is 11.9 Å². The first-order valence-electron chi connectivity index (χ1n) is 11.2. The van der Waals surface area contributed by atoms with E-state index in [1.54, 1.807) is 37.3 Å². The zero-order chi connectivity index (χ0) is 28.3. The summed E-state index contributed by atoms with van der Waals surface area (Å²) < 4.78 is 59.6. The number of nitrogens with one attached hydrogen (secondary N) is 1. The van der Waals surface area contributed by atoms with Crippen LogP contribution in [0.3, 0.4) is 0 Å². The number of halogens is 1. The molecule has 1 N–H and O–H groups in total. The van der Waals surface area contributed by atoms with E-state index < -0.39 is 26.0 Å². The highest BCUT2D eigenvalue weighted by Crippen LogP contribution is 2.29. The second-order valence-electron chi connectivity index (χ2n) is 8.38. The Morgan fingerprint density at radius 3 is 2.16 bits per heavy atom. The third kappa shape index (κ3) is 6.02. The van der Waals surface area contributed by atoms with Crippen LogP contribution in [-0.2, 0) is 20.0 Å². The fourth-order valence-electron chi connectivity index (χ4n) is 3.47. The van der Waals surface area contributed by atoms with Crippen molar-refractivity contribution in [2.24, 2.45) is 0 Å². The minimum Gasteiger partial charge on any atom is -0.497 e. The van der Waals surface area contributed by atoms with Crippen LogP contribution in [0, 0.1) is 6.92 Å². The van der Waals surface area contributed by atoms with Crippen LogP contribution in [0.2, 0.25) is 5.02 Å². The largest absolute Gasteiger partial charge is 0.497 e. The molecule has 0 fully saturated rings. The molecule has 0 aliphatic carbocycles. The molecule has 0 spiro atoms. The summed E-state index contributed by atoms with van der Waals surface area (Å²) in [5, 5.41) is 2.68. The monoisotopic (exact) mass is 577 g/mol. The SMILES string of the molecule is C=CCN(c1ccc(OC)cc1)S(=O)(=O)c1ccc(Cl)c(C(=O)Nc2cc(S(=O)(=O)N(C)C)ccc2C)c1. The van der Waals surface area contributed by atoms with E-state index >= 15 is 0 Å². The molecule has 12 heteroatoms. The number of amides is 1. The van der Waals surface area contributed by atoms with E-state index in [0.717, 1.165) is 8.61 Å². The summed E-state index contributed by atoms with van der Waals surface area (Å²) >= 11 is 6.28. The Bertz CT molecular complexity index is 1570. The van der Waals surface area contributed by atoms with Gasteiger partial charge in [-0.25, -0.2) is 21.1 Å². The lowest BCUT2D eigenvalue weighted by Crippen LogP contribution is -2.31. The van der Waals surface area contributed by atoms with Crippen LogP contribution < -0.4 is 14.4 Å². The molecule has 9 nitrogen and oxygen atoms in total. The van der Waals surface area contributed by atoms with Crippen LogP contribution in [0.1, 0.15) is 15.9 Å². The first-order valence-corrected chi connectivity index (χ1v) is 14.5. The first-order chi connectivity index (χ1) is 17.8. The minimum absolute atomic E-state index is 0.00890. The lowest BCUT2D eigenvalue weighted by Gasteiger charge is -2.23. The number of nitrogens with zero attached hydrogens (tertiary/aromatic N) is 2. The maximum Gasteiger partial charge on any atom is 0.264 e. The summed E-state index contributed by atoms with van der Waals surface area (Å²) in [7, 11) is -3.56. The lowest BCUT2D eigenvalue weighted by molar-refractivity contribution is 0.102. The van der Waals surface area contributed by atoms with E-state index in [4.69, 9.17) is 16.3 Å². The van der Waals surface area contributed by atoms with E-state index in [1.165, 1.54) is 57.6 Å². The maximum atomic E-state index is 13.6. The molecule has 3 aromatic carbocycles. The van der Waals surface area contributed by atoms with Gasteiger partial charge in [-0.2, -0.15) is 0 Å². The number of carbonyl (C=O) groups excluding carboxylic acids is 1. The van der Waals surface area contributed by atoms with Gasteiger partial charge in [0.15, 0.2) is 0 Å². The van der Waals surface area contributed by atoms with Crippen molar-refractivity contribution < 1.29 is 26.4 Å². The van der Waals surface area contributed by atoms with Crippen molar-refractivity contribution in [1.29, 1.82) is 0 Å². The Hall–Kier alpha value is -3.38. The van der Waals surface area contributed by atoms with Gasteiger partial charge >= 0.3 is 0 Å². The number of anilines is 2. The molecule has 0 aromatic heterocycles.